The minimum atomic E-state index is -1.79. The van der Waals surface area contributed by atoms with Crippen LogP contribution in [0.15, 0.2) is 60.2 Å². The van der Waals surface area contributed by atoms with Gasteiger partial charge in [0.1, 0.15) is 11.5 Å². The average Bonchev–Trinajstić information content (AvgIpc) is 2.83. The number of nitriles is 1. The highest BCUT2D eigenvalue weighted by Crippen LogP contribution is 2.54. The van der Waals surface area contributed by atoms with Crippen molar-refractivity contribution in [2.75, 3.05) is 35.5 Å². The van der Waals surface area contributed by atoms with Gasteiger partial charge in [-0.15, -0.1) is 0 Å². The molecule has 0 bridgehead atoms. The molecule has 2 aromatic carbocycles. The Balaban J connectivity index is 2.36. The van der Waals surface area contributed by atoms with E-state index in [-0.39, 0.29) is 0 Å². The number of rotatable bonds is 7. The summed E-state index contributed by atoms with van der Waals surface area (Å²) in [7, 11) is 7.37. The summed E-state index contributed by atoms with van der Waals surface area (Å²) >= 11 is 0. The smallest absolute Gasteiger partial charge is 0.385 e. The van der Waals surface area contributed by atoms with Crippen LogP contribution in [0.25, 0.3) is 5.76 Å². The largest absolute Gasteiger partial charge is 0.497 e. The minimum absolute atomic E-state index is 0.319. The summed E-state index contributed by atoms with van der Waals surface area (Å²) in [6.45, 7) is 0. The summed E-state index contributed by atoms with van der Waals surface area (Å²) in [4.78, 5) is 0. The van der Waals surface area contributed by atoms with Crippen molar-refractivity contribution in [1.82, 2.24) is 0 Å². The van der Waals surface area contributed by atoms with Crippen molar-refractivity contribution >= 4 is 5.76 Å². The van der Waals surface area contributed by atoms with Crippen molar-refractivity contribution in [2.45, 2.75) is 17.7 Å². The van der Waals surface area contributed by atoms with Crippen LogP contribution >= 0.6 is 0 Å². The van der Waals surface area contributed by atoms with Crippen LogP contribution in [-0.4, -0.2) is 47.3 Å². The predicted molar refractivity (Wildman–Crippen MR) is 109 cm³/mol. The first kappa shape index (κ1) is 21.8. The third-order valence-electron chi connectivity index (χ3n) is 5.33. The van der Waals surface area contributed by atoms with Crippen LogP contribution < -0.4 is 4.74 Å². The summed E-state index contributed by atoms with van der Waals surface area (Å²) in [6, 6.07) is 18.9. The molecule has 30 heavy (non-hydrogen) atoms. The summed E-state index contributed by atoms with van der Waals surface area (Å²) in [5, 5.41) is 10.2. The Morgan fingerprint density at radius 1 is 0.833 bits per heavy atom. The Morgan fingerprint density at radius 2 is 1.43 bits per heavy atom. The molecule has 0 amide bonds. The third kappa shape index (κ3) is 3.24. The Morgan fingerprint density at radius 3 is 1.90 bits per heavy atom. The van der Waals surface area contributed by atoms with Gasteiger partial charge in [-0.2, -0.15) is 5.26 Å². The molecule has 0 spiro atoms. The molecule has 0 aliphatic carbocycles. The first-order valence-corrected chi connectivity index (χ1v) is 9.29. The Labute approximate surface area is 176 Å². The topological polar surface area (TPSA) is 79.2 Å². The summed E-state index contributed by atoms with van der Waals surface area (Å²) in [5.74, 6) is -3.12. The Kier molecular flexibility index (Phi) is 6.44. The molecule has 1 aliphatic rings. The van der Waals surface area contributed by atoms with E-state index in [0.717, 1.165) is 5.56 Å². The van der Waals surface area contributed by atoms with Crippen LogP contribution in [0, 0.1) is 11.3 Å². The number of ether oxygens (including phenoxy) is 6. The van der Waals surface area contributed by atoms with Crippen LogP contribution in [0.3, 0.4) is 0 Å². The molecular weight excluding hydrogens is 386 g/mol. The molecule has 2 aromatic rings. The molecule has 0 saturated heterocycles. The second-order valence-corrected chi connectivity index (χ2v) is 6.57. The van der Waals surface area contributed by atoms with E-state index in [1.54, 1.807) is 19.2 Å². The molecule has 3 rings (SSSR count). The molecule has 158 valence electrons. The monoisotopic (exact) mass is 411 g/mol. The summed E-state index contributed by atoms with van der Waals surface area (Å²) in [6.07, 6.45) is 0. The molecular formula is C23H25NO6. The Bertz CT molecular complexity index is 924. The first-order valence-electron chi connectivity index (χ1n) is 9.29. The lowest BCUT2D eigenvalue weighted by atomic mass is 9.79. The van der Waals surface area contributed by atoms with Crippen molar-refractivity contribution in [3.05, 3.63) is 71.3 Å². The van der Waals surface area contributed by atoms with E-state index in [1.807, 2.05) is 42.5 Å². The third-order valence-corrected chi connectivity index (χ3v) is 5.33. The molecule has 0 fully saturated rings. The highest BCUT2D eigenvalue weighted by Gasteiger charge is 2.67. The molecule has 0 aromatic heterocycles. The maximum atomic E-state index is 10.2. The summed E-state index contributed by atoms with van der Waals surface area (Å²) in [5.41, 5.74) is 1.76. The van der Waals surface area contributed by atoms with Crippen molar-refractivity contribution in [3.63, 3.8) is 0 Å². The van der Waals surface area contributed by atoms with E-state index < -0.39 is 17.7 Å². The van der Waals surface area contributed by atoms with Crippen LogP contribution in [0.2, 0.25) is 0 Å². The average molecular weight is 411 g/mol. The zero-order valence-electron chi connectivity index (χ0n) is 17.7. The van der Waals surface area contributed by atoms with Crippen molar-refractivity contribution in [2.24, 2.45) is 0 Å². The highest BCUT2D eigenvalue weighted by molar-refractivity contribution is 5.71. The predicted octanol–water partition coefficient (Wildman–Crippen LogP) is 3.68. The lowest BCUT2D eigenvalue weighted by Gasteiger charge is -2.51. The molecule has 0 saturated carbocycles. The molecule has 1 atom stereocenters. The Hall–Kier alpha value is -2.89. The van der Waals surface area contributed by atoms with E-state index in [1.165, 1.54) is 28.4 Å². The maximum Gasteiger partial charge on any atom is 0.385 e. The fraction of sp³-hybridized carbons (Fsp3) is 0.348. The molecule has 0 N–H and O–H groups in total. The molecule has 1 aliphatic heterocycles. The van der Waals surface area contributed by atoms with Gasteiger partial charge < -0.3 is 28.4 Å². The van der Waals surface area contributed by atoms with E-state index in [4.69, 9.17) is 28.4 Å². The van der Waals surface area contributed by atoms with Gasteiger partial charge in [-0.05, 0) is 17.7 Å². The highest BCUT2D eigenvalue weighted by atomic mass is 16.9. The summed E-state index contributed by atoms with van der Waals surface area (Å²) < 4.78 is 34.6. The fourth-order valence-electron chi connectivity index (χ4n) is 3.88. The second-order valence-electron chi connectivity index (χ2n) is 6.57. The first-order chi connectivity index (χ1) is 14.6. The molecule has 7 heteroatoms. The van der Waals surface area contributed by atoms with Crippen LogP contribution in [0.4, 0.5) is 0 Å². The standard InChI is InChI=1S/C23H25NO6/c1-25-18-13-11-16(12-14-18)20-19(15-24)21(17-9-7-6-8-10-17)30-23(28-4,29-5)22(20,26-2)27-3/h6-14,20H,1-5H3/t20-/m1/s1. The van der Waals surface area contributed by atoms with E-state index in [9.17, 15) is 5.26 Å². The van der Waals surface area contributed by atoms with Gasteiger partial charge in [0.25, 0.3) is 5.79 Å². The zero-order valence-corrected chi connectivity index (χ0v) is 17.7. The van der Waals surface area contributed by atoms with Crippen LogP contribution in [-0.2, 0) is 23.7 Å². The SMILES string of the molecule is COc1ccc([C@@H]2C(C#N)=C(c3ccccc3)OC(OC)(OC)C2(OC)OC)cc1. The van der Waals surface area contributed by atoms with Crippen molar-refractivity contribution in [3.8, 4) is 11.8 Å². The van der Waals surface area contributed by atoms with Crippen molar-refractivity contribution in [1.29, 1.82) is 5.26 Å². The lowest BCUT2D eigenvalue weighted by Crippen LogP contribution is -2.65. The zero-order chi connectivity index (χ0) is 21.8. The van der Waals surface area contributed by atoms with Gasteiger partial charge in [0, 0.05) is 34.0 Å². The van der Waals surface area contributed by atoms with Gasteiger partial charge in [-0.3, -0.25) is 0 Å². The van der Waals surface area contributed by atoms with Gasteiger partial charge in [0.15, 0.2) is 0 Å². The van der Waals surface area contributed by atoms with E-state index in [0.29, 0.717) is 22.6 Å². The van der Waals surface area contributed by atoms with Crippen molar-refractivity contribution < 1.29 is 28.4 Å². The van der Waals surface area contributed by atoms with Gasteiger partial charge in [-0.25, -0.2) is 0 Å². The van der Waals surface area contributed by atoms with Gasteiger partial charge >= 0.3 is 5.97 Å². The van der Waals surface area contributed by atoms with Gasteiger partial charge in [0.2, 0.25) is 0 Å². The number of benzene rings is 2. The molecule has 1 heterocycles. The molecule has 0 unspecified atom stereocenters. The minimum Gasteiger partial charge on any atom is -0.497 e. The lowest BCUT2D eigenvalue weighted by molar-refractivity contribution is -0.473. The van der Waals surface area contributed by atoms with Crippen LogP contribution in [0.5, 0.6) is 5.75 Å². The number of hydrogen-bond acceptors (Lipinski definition) is 7. The fourth-order valence-corrected chi connectivity index (χ4v) is 3.88. The normalized spacial score (nSPS) is 19.7. The van der Waals surface area contributed by atoms with Crippen LogP contribution in [0.1, 0.15) is 17.0 Å². The number of nitrogens with zero attached hydrogens (tertiary/aromatic N) is 1. The molecule has 7 nitrogen and oxygen atoms in total. The maximum absolute atomic E-state index is 10.2. The van der Waals surface area contributed by atoms with Gasteiger partial charge in [0.05, 0.1) is 24.7 Å². The molecule has 0 radical (unpaired) electrons. The van der Waals surface area contributed by atoms with E-state index in [2.05, 4.69) is 6.07 Å². The second kappa shape index (κ2) is 8.86. The van der Waals surface area contributed by atoms with E-state index >= 15 is 0 Å². The van der Waals surface area contributed by atoms with Gasteiger partial charge in [-0.1, -0.05) is 42.5 Å². The number of methoxy groups -OCH3 is 5. The number of hydrogen-bond donors (Lipinski definition) is 0. The quantitative estimate of drug-likeness (QED) is 0.643.